The van der Waals surface area contributed by atoms with E-state index in [-0.39, 0.29) is 12.6 Å². The number of carbonyl (C=O) groups is 2. The maximum absolute atomic E-state index is 12.0. The first-order valence-corrected chi connectivity index (χ1v) is 6.48. The van der Waals surface area contributed by atoms with Crippen LogP contribution in [0, 0.1) is 5.92 Å². The number of benzene rings is 1. The Morgan fingerprint density at radius 1 is 1.37 bits per heavy atom. The minimum absolute atomic E-state index is 0.229. The molecule has 1 aliphatic rings. The Morgan fingerprint density at radius 3 is 2.58 bits per heavy atom. The number of aliphatic carboxylic acids is 1. The number of carbonyl (C=O) groups excluding carboxylic acids is 1. The van der Waals surface area contributed by atoms with Gasteiger partial charge in [-0.15, -0.1) is 0 Å². The highest BCUT2D eigenvalue weighted by atomic mass is 16.4. The number of nitrogens with one attached hydrogen (secondary N) is 1. The van der Waals surface area contributed by atoms with Crippen molar-refractivity contribution in [2.45, 2.75) is 19.8 Å². The number of carboxylic acids is 1. The lowest BCUT2D eigenvalue weighted by atomic mass is 10.1. The van der Waals surface area contributed by atoms with Gasteiger partial charge in [-0.05, 0) is 30.5 Å². The Labute approximate surface area is 112 Å². The van der Waals surface area contributed by atoms with Gasteiger partial charge in [0.25, 0.3) is 0 Å². The highest BCUT2D eigenvalue weighted by Crippen LogP contribution is 2.18. The third-order valence-corrected chi connectivity index (χ3v) is 3.44. The SMILES string of the molecule is CCc1ccc(NC(=O)N2CCC(C(=O)O)C2)cc1. The van der Waals surface area contributed by atoms with Crippen LogP contribution in [0.4, 0.5) is 10.5 Å². The predicted molar refractivity (Wildman–Crippen MR) is 72.2 cm³/mol. The van der Waals surface area contributed by atoms with Gasteiger partial charge in [0.15, 0.2) is 0 Å². The van der Waals surface area contributed by atoms with Crippen LogP contribution in [0.15, 0.2) is 24.3 Å². The first-order chi connectivity index (χ1) is 9.10. The fraction of sp³-hybridized carbons (Fsp3) is 0.429. The van der Waals surface area contributed by atoms with Gasteiger partial charge in [-0.25, -0.2) is 4.79 Å². The summed E-state index contributed by atoms with van der Waals surface area (Å²) in [5.41, 5.74) is 1.95. The van der Waals surface area contributed by atoms with E-state index in [1.54, 1.807) is 4.90 Å². The molecule has 2 amide bonds. The molecule has 0 bridgehead atoms. The second-order valence-corrected chi connectivity index (χ2v) is 4.75. The number of rotatable bonds is 3. The molecule has 0 aromatic heterocycles. The summed E-state index contributed by atoms with van der Waals surface area (Å²) in [5.74, 6) is -1.27. The van der Waals surface area contributed by atoms with Crippen LogP contribution in [0.3, 0.4) is 0 Å². The van der Waals surface area contributed by atoms with Crippen molar-refractivity contribution >= 4 is 17.7 Å². The second-order valence-electron chi connectivity index (χ2n) is 4.75. The monoisotopic (exact) mass is 262 g/mol. The van der Waals surface area contributed by atoms with Crippen molar-refractivity contribution in [3.8, 4) is 0 Å². The highest BCUT2D eigenvalue weighted by molar-refractivity contribution is 5.90. The Hall–Kier alpha value is -2.04. The molecule has 1 saturated heterocycles. The average Bonchev–Trinajstić information content (AvgIpc) is 2.89. The molecule has 0 radical (unpaired) electrons. The van der Waals surface area contributed by atoms with Gasteiger partial charge in [-0.3, -0.25) is 4.79 Å². The second kappa shape index (κ2) is 5.73. The smallest absolute Gasteiger partial charge is 0.321 e. The molecule has 102 valence electrons. The topological polar surface area (TPSA) is 69.6 Å². The van der Waals surface area contributed by atoms with E-state index in [0.717, 1.165) is 12.1 Å². The van der Waals surface area contributed by atoms with E-state index >= 15 is 0 Å². The number of urea groups is 1. The fourth-order valence-electron chi connectivity index (χ4n) is 2.17. The first kappa shape index (κ1) is 13.4. The summed E-state index contributed by atoms with van der Waals surface area (Å²) in [6.07, 6.45) is 1.48. The zero-order valence-corrected chi connectivity index (χ0v) is 10.9. The molecule has 19 heavy (non-hydrogen) atoms. The third-order valence-electron chi connectivity index (χ3n) is 3.44. The number of likely N-dealkylation sites (tertiary alicyclic amines) is 1. The molecule has 1 fully saturated rings. The van der Waals surface area contributed by atoms with Gasteiger partial charge < -0.3 is 15.3 Å². The zero-order valence-electron chi connectivity index (χ0n) is 10.9. The van der Waals surface area contributed by atoms with Gasteiger partial charge >= 0.3 is 12.0 Å². The molecule has 2 rings (SSSR count). The minimum Gasteiger partial charge on any atom is -0.481 e. The maximum Gasteiger partial charge on any atom is 0.321 e. The number of nitrogens with zero attached hydrogens (tertiary/aromatic N) is 1. The predicted octanol–water partition coefficient (Wildman–Crippen LogP) is 2.19. The van der Waals surface area contributed by atoms with Gasteiger partial charge in [0.05, 0.1) is 5.92 Å². The molecule has 5 heteroatoms. The fourth-order valence-corrected chi connectivity index (χ4v) is 2.17. The molecule has 1 aliphatic heterocycles. The van der Waals surface area contributed by atoms with Gasteiger partial charge in [0.2, 0.25) is 0 Å². The summed E-state index contributed by atoms with van der Waals surface area (Å²) in [6.45, 7) is 2.86. The van der Waals surface area contributed by atoms with E-state index in [1.165, 1.54) is 5.56 Å². The van der Waals surface area contributed by atoms with Gasteiger partial charge in [-0.2, -0.15) is 0 Å². The minimum atomic E-state index is -0.831. The van der Waals surface area contributed by atoms with Crippen molar-refractivity contribution in [3.63, 3.8) is 0 Å². The molecule has 1 aromatic carbocycles. The summed E-state index contributed by atoms with van der Waals surface area (Å²) < 4.78 is 0. The Kier molecular flexibility index (Phi) is 4.04. The summed E-state index contributed by atoms with van der Waals surface area (Å²) in [4.78, 5) is 24.3. The van der Waals surface area contributed by atoms with Crippen LogP contribution >= 0.6 is 0 Å². The van der Waals surface area contributed by atoms with Crippen molar-refractivity contribution in [1.29, 1.82) is 0 Å². The number of anilines is 1. The first-order valence-electron chi connectivity index (χ1n) is 6.48. The number of hydrogen-bond acceptors (Lipinski definition) is 2. The van der Waals surface area contributed by atoms with Crippen LogP contribution in [-0.2, 0) is 11.2 Å². The third kappa shape index (κ3) is 3.24. The molecule has 1 aromatic rings. The zero-order chi connectivity index (χ0) is 13.8. The summed E-state index contributed by atoms with van der Waals surface area (Å²) in [5, 5.41) is 11.7. The Morgan fingerprint density at radius 2 is 2.05 bits per heavy atom. The van der Waals surface area contributed by atoms with E-state index < -0.39 is 11.9 Å². The largest absolute Gasteiger partial charge is 0.481 e. The van der Waals surface area contributed by atoms with E-state index in [4.69, 9.17) is 5.11 Å². The summed E-state index contributed by atoms with van der Waals surface area (Å²) in [6, 6.07) is 7.44. The van der Waals surface area contributed by atoms with E-state index in [2.05, 4.69) is 12.2 Å². The maximum atomic E-state index is 12.0. The molecule has 0 spiro atoms. The normalized spacial score (nSPS) is 18.4. The molecular weight excluding hydrogens is 244 g/mol. The van der Waals surface area contributed by atoms with E-state index in [9.17, 15) is 9.59 Å². The van der Waals surface area contributed by atoms with Crippen LogP contribution in [0.5, 0.6) is 0 Å². The summed E-state index contributed by atoms with van der Waals surface area (Å²) >= 11 is 0. The Balaban J connectivity index is 1.92. The number of amides is 2. The van der Waals surface area contributed by atoms with E-state index in [0.29, 0.717) is 13.0 Å². The van der Waals surface area contributed by atoms with Crippen LogP contribution < -0.4 is 5.32 Å². The number of aryl methyl sites for hydroxylation is 1. The number of carboxylic acid groups (broad SMARTS) is 1. The van der Waals surface area contributed by atoms with Gasteiger partial charge in [-0.1, -0.05) is 19.1 Å². The average molecular weight is 262 g/mol. The molecule has 0 saturated carbocycles. The van der Waals surface area contributed by atoms with Crippen molar-refractivity contribution < 1.29 is 14.7 Å². The van der Waals surface area contributed by atoms with Crippen LogP contribution in [-0.4, -0.2) is 35.1 Å². The van der Waals surface area contributed by atoms with Crippen LogP contribution in [0.25, 0.3) is 0 Å². The molecule has 1 heterocycles. The van der Waals surface area contributed by atoms with Crippen molar-refractivity contribution in [1.82, 2.24) is 4.90 Å². The standard InChI is InChI=1S/C14H18N2O3/c1-2-10-3-5-12(6-4-10)15-14(19)16-8-7-11(9-16)13(17)18/h3-6,11H,2,7-9H2,1H3,(H,15,19)(H,17,18). The van der Waals surface area contributed by atoms with Gasteiger partial charge in [0, 0.05) is 18.8 Å². The lowest BCUT2D eigenvalue weighted by Crippen LogP contribution is -2.33. The molecule has 5 nitrogen and oxygen atoms in total. The number of hydrogen-bond donors (Lipinski definition) is 2. The Bertz CT molecular complexity index is 470. The molecule has 0 aliphatic carbocycles. The lowest BCUT2D eigenvalue weighted by molar-refractivity contribution is -0.141. The van der Waals surface area contributed by atoms with Crippen molar-refractivity contribution in [3.05, 3.63) is 29.8 Å². The summed E-state index contributed by atoms with van der Waals surface area (Å²) in [7, 11) is 0. The molecular formula is C14H18N2O3. The van der Waals surface area contributed by atoms with E-state index in [1.807, 2.05) is 24.3 Å². The van der Waals surface area contributed by atoms with Crippen LogP contribution in [0.2, 0.25) is 0 Å². The lowest BCUT2D eigenvalue weighted by Gasteiger charge is -2.16. The molecule has 1 atom stereocenters. The van der Waals surface area contributed by atoms with Crippen molar-refractivity contribution in [2.75, 3.05) is 18.4 Å². The molecule has 1 unspecified atom stereocenters. The quantitative estimate of drug-likeness (QED) is 0.877. The van der Waals surface area contributed by atoms with Crippen LogP contribution in [0.1, 0.15) is 18.9 Å². The highest BCUT2D eigenvalue weighted by Gasteiger charge is 2.30. The van der Waals surface area contributed by atoms with Gasteiger partial charge in [0.1, 0.15) is 0 Å². The van der Waals surface area contributed by atoms with Crippen molar-refractivity contribution in [2.24, 2.45) is 5.92 Å². The molecule has 2 N–H and O–H groups in total.